The number of thiazole rings is 1. The van der Waals surface area contributed by atoms with Crippen molar-refractivity contribution in [2.75, 3.05) is 6.54 Å². The van der Waals surface area contributed by atoms with Gasteiger partial charge in [0.1, 0.15) is 5.01 Å². The van der Waals surface area contributed by atoms with Gasteiger partial charge in [0.25, 0.3) is 0 Å². The van der Waals surface area contributed by atoms with E-state index in [9.17, 15) is 4.79 Å². The molecule has 3 aliphatic rings. The fraction of sp³-hybridized carbons (Fsp3) is 0.217. The van der Waals surface area contributed by atoms with Crippen molar-refractivity contribution in [2.45, 2.75) is 18.3 Å². The van der Waals surface area contributed by atoms with Gasteiger partial charge in [-0.1, -0.05) is 48.5 Å². The van der Waals surface area contributed by atoms with Crippen molar-refractivity contribution in [1.82, 2.24) is 10.3 Å². The van der Waals surface area contributed by atoms with Crippen LogP contribution >= 0.6 is 11.3 Å². The third-order valence-corrected chi connectivity index (χ3v) is 6.53. The smallest absolute Gasteiger partial charge is 0.244 e. The number of rotatable bonds is 4. The fourth-order valence-corrected chi connectivity index (χ4v) is 5.24. The van der Waals surface area contributed by atoms with Gasteiger partial charge in [-0.3, -0.25) is 4.79 Å². The van der Waals surface area contributed by atoms with Crippen LogP contribution in [0.25, 0.3) is 6.08 Å². The standard InChI is InChI=1S/C23H20N2OS/c26-21(9-10-22-24-11-12-27-22)25-14-15-13-20-16-5-1-3-7-18(16)23(15)19-8-4-2-6-17(19)20/h1-12,15,20,23H,13-14H2,(H,25,26)/b10-9+. The molecule has 1 unspecified atom stereocenters. The number of carbonyl (C=O) groups excluding carboxylic acids is 1. The number of fused-ring (bicyclic) bond motifs is 1. The zero-order valence-corrected chi connectivity index (χ0v) is 15.7. The lowest BCUT2D eigenvalue weighted by molar-refractivity contribution is -0.116. The van der Waals surface area contributed by atoms with Gasteiger partial charge in [-0.2, -0.15) is 0 Å². The first kappa shape index (κ1) is 16.5. The summed E-state index contributed by atoms with van der Waals surface area (Å²) >= 11 is 1.53. The van der Waals surface area contributed by atoms with Gasteiger partial charge in [0, 0.05) is 36.0 Å². The van der Waals surface area contributed by atoms with E-state index < -0.39 is 0 Å². The van der Waals surface area contributed by atoms with Gasteiger partial charge < -0.3 is 5.32 Å². The molecule has 0 fully saturated rings. The molecule has 6 rings (SSSR count). The van der Waals surface area contributed by atoms with Gasteiger partial charge in [0.15, 0.2) is 0 Å². The Labute approximate surface area is 162 Å². The van der Waals surface area contributed by atoms with Crippen LogP contribution in [-0.2, 0) is 4.79 Å². The van der Waals surface area contributed by atoms with Crippen LogP contribution in [0.5, 0.6) is 0 Å². The molecule has 1 heterocycles. The van der Waals surface area contributed by atoms with Crippen molar-refractivity contribution in [3.8, 4) is 0 Å². The molecule has 1 atom stereocenters. The van der Waals surface area contributed by atoms with E-state index in [1.807, 2.05) is 5.38 Å². The zero-order valence-electron chi connectivity index (χ0n) is 14.8. The zero-order chi connectivity index (χ0) is 18.2. The van der Waals surface area contributed by atoms with E-state index in [0.29, 0.717) is 24.3 Å². The minimum absolute atomic E-state index is 0.0479. The van der Waals surface area contributed by atoms with E-state index >= 15 is 0 Å². The molecule has 0 spiro atoms. The van der Waals surface area contributed by atoms with E-state index in [1.165, 1.54) is 33.6 Å². The third kappa shape index (κ3) is 2.90. The minimum atomic E-state index is -0.0479. The summed E-state index contributed by atoms with van der Waals surface area (Å²) < 4.78 is 0. The average Bonchev–Trinajstić information content (AvgIpc) is 3.24. The van der Waals surface area contributed by atoms with Gasteiger partial charge >= 0.3 is 0 Å². The summed E-state index contributed by atoms with van der Waals surface area (Å²) in [6.07, 6.45) is 6.20. The summed E-state index contributed by atoms with van der Waals surface area (Å²) in [4.78, 5) is 16.4. The molecule has 0 radical (unpaired) electrons. The number of carbonyl (C=O) groups is 1. The molecule has 0 saturated heterocycles. The Morgan fingerprint density at radius 3 is 2.37 bits per heavy atom. The molecule has 3 aromatic rings. The minimum Gasteiger partial charge on any atom is -0.352 e. The Kier molecular flexibility index (Phi) is 4.13. The maximum atomic E-state index is 12.3. The van der Waals surface area contributed by atoms with E-state index in [0.717, 1.165) is 11.4 Å². The predicted octanol–water partition coefficient (Wildman–Crippen LogP) is 4.57. The number of nitrogens with one attached hydrogen (secondary N) is 1. The Morgan fingerprint density at radius 1 is 1.07 bits per heavy atom. The molecule has 1 amide bonds. The van der Waals surface area contributed by atoms with Gasteiger partial charge in [-0.25, -0.2) is 4.98 Å². The molecule has 1 aromatic heterocycles. The van der Waals surface area contributed by atoms with Crippen LogP contribution in [0.2, 0.25) is 0 Å². The predicted molar refractivity (Wildman–Crippen MR) is 109 cm³/mol. The first-order chi connectivity index (χ1) is 13.3. The Hall–Kier alpha value is -2.72. The monoisotopic (exact) mass is 372 g/mol. The molecular weight excluding hydrogens is 352 g/mol. The molecule has 134 valence electrons. The number of hydrogen-bond acceptors (Lipinski definition) is 3. The molecule has 0 aliphatic heterocycles. The first-order valence-corrected chi connectivity index (χ1v) is 10.2. The fourth-order valence-electron chi connectivity index (χ4n) is 4.71. The Balaban J connectivity index is 1.37. The lowest BCUT2D eigenvalue weighted by atomic mass is 9.59. The number of benzene rings is 2. The van der Waals surface area contributed by atoms with E-state index in [-0.39, 0.29) is 5.91 Å². The van der Waals surface area contributed by atoms with Crippen molar-refractivity contribution < 1.29 is 4.79 Å². The highest BCUT2D eigenvalue weighted by Crippen LogP contribution is 2.55. The van der Waals surface area contributed by atoms with Crippen LogP contribution in [0.1, 0.15) is 45.5 Å². The second-order valence-electron chi connectivity index (χ2n) is 7.23. The van der Waals surface area contributed by atoms with Gasteiger partial charge in [0.05, 0.1) is 0 Å². The van der Waals surface area contributed by atoms with Crippen molar-refractivity contribution in [1.29, 1.82) is 0 Å². The largest absolute Gasteiger partial charge is 0.352 e. The third-order valence-electron chi connectivity index (χ3n) is 5.79. The lowest BCUT2D eigenvalue weighted by Crippen LogP contribution is -2.38. The lowest BCUT2D eigenvalue weighted by Gasteiger charge is -2.45. The van der Waals surface area contributed by atoms with Gasteiger partial charge in [-0.15, -0.1) is 11.3 Å². The molecular formula is C23H20N2OS. The summed E-state index contributed by atoms with van der Waals surface area (Å²) in [5, 5.41) is 5.87. The molecule has 3 aliphatic carbocycles. The highest BCUT2D eigenvalue weighted by Gasteiger charge is 2.42. The highest BCUT2D eigenvalue weighted by atomic mass is 32.1. The number of amides is 1. The van der Waals surface area contributed by atoms with Crippen molar-refractivity contribution >= 4 is 23.3 Å². The van der Waals surface area contributed by atoms with Crippen LogP contribution in [0.15, 0.2) is 66.2 Å². The van der Waals surface area contributed by atoms with Crippen LogP contribution in [0.4, 0.5) is 0 Å². The average molecular weight is 372 g/mol. The number of aromatic nitrogens is 1. The van der Waals surface area contributed by atoms with Crippen LogP contribution < -0.4 is 5.32 Å². The Bertz CT molecular complexity index is 961. The van der Waals surface area contributed by atoms with Crippen molar-refractivity contribution in [2.24, 2.45) is 5.92 Å². The van der Waals surface area contributed by atoms with Crippen LogP contribution in [-0.4, -0.2) is 17.4 Å². The van der Waals surface area contributed by atoms with Crippen molar-refractivity contribution in [3.05, 3.63) is 93.4 Å². The molecule has 1 N–H and O–H groups in total. The topological polar surface area (TPSA) is 42.0 Å². The molecule has 0 saturated carbocycles. The van der Waals surface area contributed by atoms with Crippen LogP contribution in [0, 0.1) is 5.92 Å². The normalized spacial score (nSPS) is 22.4. The van der Waals surface area contributed by atoms with E-state index in [1.54, 1.807) is 18.3 Å². The van der Waals surface area contributed by atoms with Crippen molar-refractivity contribution in [3.63, 3.8) is 0 Å². The van der Waals surface area contributed by atoms with E-state index in [4.69, 9.17) is 0 Å². The van der Waals surface area contributed by atoms with Crippen LogP contribution in [0.3, 0.4) is 0 Å². The molecule has 27 heavy (non-hydrogen) atoms. The summed E-state index contributed by atoms with van der Waals surface area (Å²) in [6, 6.07) is 17.6. The number of nitrogens with zero attached hydrogens (tertiary/aromatic N) is 1. The summed E-state index contributed by atoms with van der Waals surface area (Å²) in [7, 11) is 0. The quantitative estimate of drug-likeness (QED) is 0.682. The van der Waals surface area contributed by atoms with Gasteiger partial charge in [0.2, 0.25) is 5.91 Å². The summed E-state index contributed by atoms with van der Waals surface area (Å²) in [5.74, 6) is 1.19. The summed E-state index contributed by atoms with van der Waals surface area (Å²) in [5.41, 5.74) is 5.80. The molecule has 3 nitrogen and oxygen atoms in total. The highest BCUT2D eigenvalue weighted by molar-refractivity contribution is 7.10. The molecule has 2 bridgehead atoms. The molecule has 2 aromatic carbocycles. The summed E-state index contributed by atoms with van der Waals surface area (Å²) in [6.45, 7) is 0.699. The van der Waals surface area contributed by atoms with Gasteiger partial charge in [-0.05, 0) is 40.7 Å². The molecule has 4 heteroatoms. The van der Waals surface area contributed by atoms with E-state index in [2.05, 4.69) is 58.8 Å². The maximum absolute atomic E-state index is 12.3. The second-order valence-corrected chi connectivity index (χ2v) is 8.16. The SMILES string of the molecule is O=C(/C=C/c1nccs1)NCC1CC2c3ccccc3C1c1ccccc12. The number of hydrogen-bond donors (Lipinski definition) is 1. The second kappa shape index (κ2) is 6.78. The Morgan fingerprint density at radius 2 is 1.74 bits per heavy atom. The maximum Gasteiger partial charge on any atom is 0.244 e. The first-order valence-electron chi connectivity index (χ1n) is 9.34.